The Labute approximate surface area is 183 Å². The number of hydrogen-bond acceptors (Lipinski definition) is 5. The molecule has 2 aliphatic heterocycles. The second-order valence-corrected chi connectivity index (χ2v) is 11.4. The standard InChI is InChI=1S/C21H33N3O4S2/c1-3-16(4-2)21(26)23-12-9-18(10-13-23)22-20(25)17-7-5-11-24(15-17)30(27,28)19-8-6-14-29-19/h6,8,14,16-18H,3-5,7,9-13,15H2,1-2H3,(H,22,25). The number of piperidine rings is 2. The van der Waals surface area contributed by atoms with Gasteiger partial charge in [-0.25, -0.2) is 8.42 Å². The third-order valence-electron chi connectivity index (χ3n) is 6.33. The SMILES string of the molecule is CCC(CC)C(=O)N1CCC(NC(=O)C2CCCN(S(=O)(=O)c3cccs3)C2)CC1. The van der Waals surface area contributed by atoms with Crippen molar-refractivity contribution >= 4 is 33.2 Å². The number of thiophene rings is 1. The first kappa shape index (κ1) is 23.2. The van der Waals surface area contributed by atoms with E-state index in [1.54, 1.807) is 17.5 Å². The van der Waals surface area contributed by atoms with E-state index in [1.807, 2.05) is 18.7 Å². The molecule has 3 rings (SSSR count). The minimum atomic E-state index is -3.52. The molecule has 2 amide bonds. The van der Waals surface area contributed by atoms with Crippen LogP contribution in [0.1, 0.15) is 52.4 Å². The lowest BCUT2D eigenvalue weighted by atomic mass is 9.96. The molecule has 2 fully saturated rings. The molecule has 2 saturated heterocycles. The maximum atomic E-state index is 12.8. The maximum Gasteiger partial charge on any atom is 0.252 e. The summed E-state index contributed by atoms with van der Waals surface area (Å²) in [6.45, 7) is 6.13. The van der Waals surface area contributed by atoms with Crippen LogP contribution in [0.2, 0.25) is 0 Å². The van der Waals surface area contributed by atoms with Crippen LogP contribution < -0.4 is 5.32 Å². The van der Waals surface area contributed by atoms with Crippen LogP contribution in [-0.4, -0.2) is 61.7 Å². The summed E-state index contributed by atoms with van der Waals surface area (Å²) >= 11 is 1.21. The number of hydrogen-bond donors (Lipinski definition) is 1. The van der Waals surface area contributed by atoms with Crippen LogP contribution in [0.25, 0.3) is 0 Å². The van der Waals surface area contributed by atoms with E-state index < -0.39 is 10.0 Å². The van der Waals surface area contributed by atoms with Gasteiger partial charge >= 0.3 is 0 Å². The van der Waals surface area contributed by atoms with Gasteiger partial charge in [0.15, 0.2) is 0 Å². The van der Waals surface area contributed by atoms with Gasteiger partial charge in [-0.05, 0) is 50.0 Å². The smallest absolute Gasteiger partial charge is 0.252 e. The number of sulfonamides is 1. The summed E-state index contributed by atoms with van der Waals surface area (Å²) in [4.78, 5) is 27.3. The Hall–Kier alpha value is -1.45. The molecule has 0 bridgehead atoms. The fourth-order valence-corrected chi connectivity index (χ4v) is 7.04. The molecule has 30 heavy (non-hydrogen) atoms. The summed E-state index contributed by atoms with van der Waals surface area (Å²) < 4.78 is 27.3. The van der Waals surface area contributed by atoms with Crippen molar-refractivity contribution in [2.24, 2.45) is 11.8 Å². The molecule has 0 spiro atoms. The van der Waals surface area contributed by atoms with Crippen LogP contribution in [-0.2, 0) is 19.6 Å². The van der Waals surface area contributed by atoms with Crippen LogP contribution >= 0.6 is 11.3 Å². The highest BCUT2D eigenvalue weighted by atomic mass is 32.2. The molecular weight excluding hydrogens is 422 g/mol. The molecule has 0 radical (unpaired) electrons. The average Bonchev–Trinajstić information content (AvgIpc) is 3.31. The van der Waals surface area contributed by atoms with E-state index in [2.05, 4.69) is 5.32 Å². The number of likely N-dealkylation sites (tertiary alicyclic amines) is 1. The molecule has 1 aromatic heterocycles. The summed E-state index contributed by atoms with van der Waals surface area (Å²) in [6.07, 6.45) is 4.61. The Morgan fingerprint density at radius 2 is 1.87 bits per heavy atom. The second kappa shape index (κ2) is 10.2. The summed E-state index contributed by atoms with van der Waals surface area (Å²) in [5.41, 5.74) is 0. The third kappa shape index (κ3) is 5.23. The molecule has 1 atom stereocenters. The molecule has 7 nitrogen and oxygen atoms in total. The second-order valence-electron chi connectivity index (χ2n) is 8.26. The number of carbonyl (C=O) groups is 2. The first-order valence-electron chi connectivity index (χ1n) is 11.0. The Balaban J connectivity index is 1.51. The van der Waals surface area contributed by atoms with E-state index in [4.69, 9.17) is 0 Å². The van der Waals surface area contributed by atoms with Crippen molar-refractivity contribution in [3.05, 3.63) is 17.5 Å². The zero-order chi connectivity index (χ0) is 21.7. The largest absolute Gasteiger partial charge is 0.353 e. The lowest BCUT2D eigenvalue weighted by Crippen LogP contribution is -2.51. The molecule has 1 unspecified atom stereocenters. The van der Waals surface area contributed by atoms with Gasteiger partial charge in [0.25, 0.3) is 10.0 Å². The number of carbonyl (C=O) groups excluding carboxylic acids is 2. The molecule has 3 heterocycles. The van der Waals surface area contributed by atoms with Crippen molar-refractivity contribution in [2.75, 3.05) is 26.2 Å². The highest BCUT2D eigenvalue weighted by Crippen LogP contribution is 2.27. The molecule has 1 aromatic rings. The quantitative estimate of drug-likeness (QED) is 0.685. The van der Waals surface area contributed by atoms with Crippen molar-refractivity contribution < 1.29 is 18.0 Å². The number of nitrogens with one attached hydrogen (secondary N) is 1. The normalized spacial score (nSPS) is 21.7. The first-order chi connectivity index (χ1) is 14.4. The highest BCUT2D eigenvalue weighted by molar-refractivity contribution is 7.91. The number of rotatable bonds is 7. The van der Waals surface area contributed by atoms with Gasteiger partial charge in [0.1, 0.15) is 4.21 Å². The summed E-state index contributed by atoms with van der Waals surface area (Å²) in [6, 6.07) is 3.39. The molecule has 168 valence electrons. The number of nitrogens with zero attached hydrogens (tertiary/aromatic N) is 2. The van der Waals surface area contributed by atoms with Crippen molar-refractivity contribution in [2.45, 2.75) is 62.6 Å². The van der Waals surface area contributed by atoms with Gasteiger partial charge < -0.3 is 10.2 Å². The van der Waals surface area contributed by atoms with Gasteiger partial charge in [0.05, 0.1) is 5.92 Å². The topological polar surface area (TPSA) is 86.8 Å². The molecule has 0 saturated carbocycles. The fourth-order valence-electron chi connectivity index (χ4n) is 4.37. The van der Waals surface area contributed by atoms with Crippen molar-refractivity contribution in [3.8, 4) is 0 Å². The minimum absolute atomic E-state index is 0.0486. The van der Waals surface area contributed by atoms with Crippen molar-refractivity contribution in [1.29, 1.82) is 0 Å². The van der Waals surface area contributed by atoms with E-state index in [-0.39, 0.29) is 36.2 Å². The van der Waals surface area contributed by atoms with E-state index in [9.17, 15) is 18.0 Å². The molecule has 0 aliphatic carbocycles. The summed E-state index contributed by atoms with van der Waals surface area (Å²) in [7, 11) is -3.52. The summed E-state index contributed by atoms with van der Waals surface area (Å²) in [5, 5.41) is 4.87. The Kier molecular flexibility index (Phi) is 7.92. The predicted molar refractivity (Wildman–Crippen MR) is 118 cm³/mol. The van der Waals surface area contributed by atoms with Gasteiger partial charge in [-0.3, -0.25) is 9.59 Å². The average molecular weight is 456 g/mol. The highest BCUT2D eigenvalue weighted by Gasteiger charge is 2.35. The van der Waals surface area contributed by atoms with Gasteiger partial charge in [0, 0.05) is 38.1 Å². The van der Waals surface area contributed by atoms with Crippen LogP contribution in [0.4, 0.5) is 0 Å². The lowest BCUT2D eigenvalue weighted by Gasteiger charge is -2.36. The minimum Gasteiger partial charge on any atom is -0.353 e. The monoisotopic (exact) mass is 455 g/mol. The first-order valence-corrected chi connectivity index (χ1v) is 13.3. The predicted octanol–water partition coefficient (Wildman–Crippen LogP) is 2.69. The molecule has 9 heteroatoms. The molecular formula is C21H33N3O4S2. The lowest BCUT2D eigenvalue weighted by molar-refractivity contribution is -0.137. The Bertz CT molecular complexity index is 813. The van der Waals surface area contributed by atoms with Crippen LogP contribution in [0.5, 0.6) is 0 Å². The number of amides is 2. The molecule has 0 aromatic carbocycles. The van der Waals surface area contributed by atoms with E-state index in [0.29, 0.717) is 36.7 Å². The van der Waals surface area contributed by atoms with Crippen molar-refractivity contribution in [3.63, 3.8) is 0 Å². The molecule has 1 N–H and O–H groups in total. The van der Waals surface area contributed by atoms with Crippen LogP contribution in [0.15, 0.2) is 21.7 Å². The zero-order valence-electron chi connectivity index (χ0n) is 17.9. The van der Waals surface area contributed by atoms with Crippen LogP contribution in [0, 0.1) is 11.8 Å². The fraction of sp³-hybridized carbons (Fsp3) is 0.714. The zero-order valence-corrected chi connectivity index (χ0v) is 19.5. The van der Waals surface area contributed by atoms with E-state index in [0.717, 1.165) is 25.7 Å². The van der Waals surface area contributed by atoms with Gasteiger partial charge in [-0.15, -0.1) is 11.3 Å². The Morgan fingerprint density at radius 1 is 1.17 bits per heavy atom. The van der Waals surface area contributed by atoms with Gasteiger partial charge in [-0.1, -0.05) is 19.9 Å². The summed E-state index contributed by atoms with van der Waals surface area (Å²) in [5.74, 6) is -0.0651. The van der Waals surface area contributed by atoms with Gasteiger partial charge in [0.2, 0.25) is 11.8 Å². The Morgan fingerprint density at radius 3 is 2.47 bits per heavy atom. The maximum absolute atomic E-state index is 12.8. The van der Waals surface area contributed by atoms with E-state index in [1.165, 1.54) is 15.6 Å². The van der Waals surface area contributed by atoms with Crippen molar-refractivity contribution in [1.82, 2.24) is 14.5 Å². The van der Waals surface area contributed by atoms with E-state index >= 15 is 0 Å². The molecule has 2 aliphatic rings. The van der Waals surface area contributed by atoms with Gasteiger partial charge in [-0.2, -0.15) is 4.31 Å². The third-order valence-corrected chi connectivity index (χ3v) is 9.57. The van der Waals surface area contributed by atoms with Crippen LogP contribution in [0.3, 0.4) is 0 Å².